The molecule has 2 rings (SSSR count). The molecule has 11 heteroatoms. The van der Waals surface area contributed by atoms with Gasteiger partial charge in [0.05, 0.1) is 12.0 Å². The second kappa shape index (κ2) is 10.8. The first-order chi connectivity index (χ1) is 14.6. The maximum atomic E-state index is 12.5. The summed E-state index contributed by atoms with van der Waals surface area (Å²) in [4.78, 5) is 47.0. The number of carbonyl (C=O) groups excluding carboxylic acids is 4. The van der Waals surface area contributed by atoms with E-state index in [-0.39, 0.29) is 48.4 Å². The van der Waals surface area contributed by atoms with E-state index >= 15 is 0 Å². The predicted octanol–water partition coefficient (Wildman–Crippen LogP) is 1.56. The van der Waals surface area contributed by atoms with Gasteiger partial charge in [-0.25, -0.2) is 9.59 Å². The zero-order valence-electron chi connectivity index (χ0n) is 17.9. The topological polar surface area (TPSA) is 137 Å². The Morgan fingerprint density at radius 1 is 1.16 bits per heavy atom. The van der Waals surface area contributed by atoms with E-state index in [1.54, 1.807) is 26.0 Å². The van der Waals surface area contributed by atoms with Gasteiger partial charge in [-0.05, 0) is 38.8 Å². The highest BCUT2D eigenvalue weighted by Crippen LogP contribution is 2.31. The molecule has 1 aromatic carbocycles. The van der Waals surface area contributed by atoms with Gasteiger partial charge in [0.1, 0.15) is 17.1 Å². The summed E-state index contributed by atoms with van der Waals surface area (Å²) in [7, 11) is -1.41. The average molecular weight is 435 g/mol. The summed E-state index contributed by atoms with van der Waals surface area (Å²) in [5.41, 5.74) is 0.606. The molecule has 1 aromatic rings. The van der Waals surface area contributed by atoms with Gasteiger partial charge < -0.3 is 34.0 Å². The second-order valence-corrected chi connectivity index (χ2v) is 7.39. The van der Waals surface area contributed by atoms with Crippen molar-refractivity contribution in [2.75, 3.05) is 0 Å². The van der Waals surface area contributed by atoms with Crippen LogP contribution in [0.2, 0.25) is 0 Å². The van der Waals surface area contributed by atoms with Crippen molar-refractivity contribution in [2.45, 2.75) is 65.3 Å². The summed E-state index contributed by atoms with van der Waals surface area (Å²) in [6, 6.07) is 4.73. The molecule has 2 atom stereocenters. The summed E-state index contributed by atoms with van der Waals surface area (Å²) in [6.07, 6.45) is -2.25. The fourth-order valence-corrected chi connectivity index (χ4v) is 2.87. The molecule has 0 aliphatic carbocycles. The molecule has 0 radical (unpaired) electrons. The smallest absolute Gasteiger partial charge is 0.534 e. The number of ketones is 1. The second-order valence-electron chi connectivity index (χ2n) is 7.39. The van der Waals surface area contributed by atoms with E-state index in [9.17, 15) is 24.2 Å². The van der Waals surface area contributed by atoms with Gasteiger partial charge in [-0.2, -0.15) is 0 Å². The van der Waals surface area contributed by atoms with E-state index < -0.39 is 31.5 Å². The summed E-state index contributed by atoms with van der Waals surface area (Å²) in [5.74, 6) is -1.95. The molecule has 1 amide bonds. The third kappa shape index (κ3) is 7.28. The summed E-state index contributed by atoms with van der Waals surface area (Å²) in [5, 5.41) is 12.9. The number of amides is 1. The van der Waals surface area contributed by atoms with Crippen molar-refractivity contribution in [3.8, 4) is 5.75 Å². The fraction of sp³-hybridized carbons (Fsp3) is 0.500. The number of Topliss-reactive ketones (excluding diaryl/α,β-unsaturated/α-hetero) is 1. The van der Waals surface area contributed by atoms with E-state index in [1.807, 2.05) is 0 Å². The SMILES string of the molecule is CC(=O)CCC(=O)N[C@H]1Cc2cccc(C(=O)OC(C)OC(=O)OC(C)C)c2OB1O. The van der Waals surface area contributed by atoms with Gasteiger partial charge in [-0.15, -0.1) is 0 Å². The molecule has 0 bridgehead atoms. The molecule has 1 unspecified atom stereocenters. The van der Waals surface area contributed by atoms with Crippen LogP contribution in [0.3, 0.4) is 0 Å². The van der Waals surface area contributed by atoms with E-state index in [2.05, 4.69) is 5.32 Å². The normalized spacial score (nSPS) is 15.9. The number of rotatable bonds is 8. The number of fused-ring (bicyclic) bond motifs is 1. The first-order valence-corrected chi connectivity index (χ1v) is 9.90. The molecule has 0 saturated heterocycles. The molecule has 0 saturated carbocycles. The van der Waals surface area contributed by atoms with Crippen LogP contribution >= 0.6 is 0 Å². The molecule has 0 aromatic heterocycles. The number of para-hydroxylation sites is 1. The minimum absolute atomic E-state index is 0.00884. The quantitative estimate of drug-likeness (QED) is 0.354. The first-order valence-electron chi connectivity index (χ1n) is 9.90. The minimum Gasteiger partial charge on any atom is -0.534 e. The third-order valence-corrected chi connectivity index (χ3v) is 4.26. The van der Waals surface area contributed by atoms with Crippen LogP contribution in [0.4, 0.5) is 4.79 Å². The van der Waals surface area contributed by atoms with Crippen LogP contribution < -0.4 is 9.97 Å². The number of ether oxygens (including phenoxy) is 3. The Hall–Kier alpha value is -3.08. The standard InChI is InChI=1S/C20H26BNO9/c1-11(2)28-20(26)30-13(4)29-19(25)15-7-5-6-14-10-16(21(27)31-18(14)15)22-17(24)9-8-12(3)23/h5-7,11,13,16,27H,8-10H2,1-4H3,(H,22,24)/t13?,16-/m0/s1. The third-order valence-electron chi connectivity index (χ3n) is 4.26. The Labute approximate surface area is 180 Å². The highest BCUT2D eigenvalue weighted by atomic mass is 16.8. The summed E-state index contributed by atoms with van der Waals surface area (Å²) < 4.78 is 20.3. The molecule has 0 fully saturated rings. The Kier molecular flexibility index (Phi) is 8.43. The van der Waals surface area contributed by atoms with Crippen LogP contribution in [0.5, 0.6) is 5.75 Å². The van der Waals surface area contributed by atoms with Crippen LogP contribution in [0.25, 0.3) is 0 Å². The lowest BCUT2D eigenvalue weighted by Crippen LogP contribution is -2.53. The summed E-state index contributed by atoms with van der Waals surface area (Å²) in [6.45, 7) is 6.05. The van der Waals surface area contributed by atoms with Crippen molar-refractivity contribution in [1.29, 1.82) is 0 Å². The minimum atomic E-state index is -1.41. The van der Waals surface area contributed by atoms with Crippen LogP contribution in [0.15, 0.2) is 18.2 Å². The van der Waals surface area contributed by atoms with Crippen molar-refractivity contribution in [3.05, 3.63) is 29.3 Å². The molecule has 1 heterocycles. The number of esters is 1. The zero-order chi connectivity index (χ0) is 23.1. The monoisotopic (exact) mass is 435 g/mol. The molecule has 0 spiro atoms. The number of nitrogens with one attached hydrogen (secondary N) is 1. The maximum absolute atomic E-state index is 12.5. The number of hydrogen-bond donors (Lipinski definition) is 2. The molecule has 168 valence electrons. The van der Waals surface area contributed by atoms with E-state index in [0.29, 0.717) is 5.56 Å². The molecule has 31 heavy (non-hydrogen) atoms. The van der Waals surface area contributed by atoms with Crippen molar-refractivity contribution < 1.29 is 43.1 Å². The van der Waals surface area contributed by atoms with E-state index in [0.717, 1.165) is 0 Å². The van der Waals surface area contributed by atoms with E-state index in [4.69, 9.17) is 18.9 Å². The molecule has 1 aliphatic rings. The van der Waals surface area contributed by atoms with Gasteiger partial charge in [0.25, 0.3) is 0 Å². The van der Waals surface area contributed by atoms with Gasteiger partial charge in [-0.3, -0.25) is 4.79 Å². The van der Waals surface area contributed by atoms with Crippen molar-refractivity contribution in [3.63, 3.8) is 0 Å². The average Bonchev–Trinajstić information content (AvgIpc) is 2.65. The van der Waals surface area contributed by atoms with Gasteiger partial charge >= 0.3 is 19.2 Å². The van der Waals surface area contributed by atoms with Gasteiger partial charge in [0.2, 0.25) is 12.2 Å². The van der Waals surface area contributed by atoms with Gasteiger partial charge in [-0.1, -0.05) is 12.1 Å². The highest BCUT2D eigenvalue weighted by Gasteiger charge is 2.38. The van der Waals surface area contributed by atoms with Crippen LogP contribution in [0.1, 0.15) is 56.5 Å². The Morgan fingerprint density at radius 3 is 2.52 bits per heavy atom. The van der Waals surface area contributed by atoms with Crippen LogP contribution in [-0.4, -0.2) is 54.3 Å². The van der Waals surface area contributed by atoms with Crippen molar-refractivity contribution in [2.24, 2.45) is 0 Å². The highest BCUT2D eigenvalue weighted by molar-refractivity contribution is 6.47. The molecular formula is C20H26BNO9. The molecule has 2 N–H and O–H groups in total. The first kappa shape index (κ1) is 24.2. The number of benzene rings is 1. The van der Waals surface area contributed by atoms with Crippen molar-refractivity contribution in [1.82, 2.24) is 5.32 Å². The Morgan fingerprint density at radius 2 is 1.87 bits per heavy atom. The van der Waals surface area contributed by atoms with Crippen molar-refractivity contribution >= 4 is 30.9 Å². The molecule has 10 nitrogen and oxygen atoms in total. The zero-order valence-corrected chi connectivity index (χ0v) is 17.9. The Bertz CT molecular complexity index is 842. The van der Waals surface area contributed by atoms with Gasteiger partial charge in [0.15, 0.2) is 0 Å². The van der Waals surface area contributed by atoms with Crippen LogP contribution in [-0.2, 0) is 30.2 Å². The molecular weight excluding hydrogens is 409 g/mol. The maximum Gasteiger partial charge on any atom is 0.547 e. The largest absolute Gasteiger partial charge is 0.547 e. The molecule has 1 aliphatic heterocycles. The predicted molar refractivity (Wildman–Crippen MR) is 108 cm³/mol. The summed E-state index contributed by atoms with van der Waals surface area (Å²) >= 11 is 0. The number of hydrogen-bond acceptors (Lipinski definition) is 9. The van der Waals surface area contributed by atoms with Gasteiger partial charge in [0, 0.05) is 19.8 Å². The lowest BCUT2D eigenvalue weighted by Gasteiger charge is -2.29. The lowest BCUT2D eigenvalue weighted by atomic mass is 9.72. The fourth-order valence-electron chi connectivity index (χ4n) is 2.87. The van der Waals surface area contributed by atoms with Crippen LogP contribution in [0, 0.1) is 0 Å². The number of carbonyl (C=O) groups is 4. The van der Waals surface area contributed by atoms with E-state index in [1.165, 1.54) is 19.9 Å². The Balaban J connectivity index is 2.03. The lowest BCUT2D eigenvalue weighted by molar-refractivity contribution is -0.124.